The molecule has 1 saturated heterocycles. The Morgan fingerprint density at radius 2 is 2.19 bits per heavy atom. The summed E-state index contributed by atoms with van der Waals surface area (Å²) in [4.78, 5) is 2.46. The van der Waals surface area contributed by atoms with Crippen molar-refractivity contribution in [1.29, 1.82) is 0 Å². The third kappa shape index (κ3) is 3.24. The number of nitrogens with one attached hydrogen (secondary N) is 1. The second-order valence-electron chi connectivity index (χ2n) is 5.57. The standard InChI is InChI=1S/C16H21FN3O/c1-2-18-7-10-20-8-5-12(6-9-20)16-14-4-3-13(17)11-15(14)21-19-16/h3-4,11-12,18H,1-2,5-10H2. The third-order valence-corrected chi connectivity index (χ3v) is 4.22. The number of piperidine rings is 1. The van der Waals surface area contributed by atoms with Gasteiger partial charge in [-0.1, -0.05) is 5.16 Å². The molecular weight excluding hydrogens is 269 g/mol. The van der Waals surface area contributed by atoms with E-state index in [2.05, 4.69) is 22.3 Å². The summed E-state index contributed by atoms with van der Waals surface area (Å²) in [6.07, 6.45) is 2.15. The molecular formula is C16H21FN3O. The topological polar surface area (TPSA) is 41.3 Å². The summed E-state index contributed by atoms with van der Waals surface area (Å²) in [5.41, 5.74) is 1.53. The van der Waals surface area contributed by atoms with Gasteiger partial charge in [-0.15, -0.1) is 0 Å². The monoisotopic (exact) mass is 290 g/mol. The van der Waals surface area contributed by atoms with Crippen molar-refractivity contribution in [2.45, 2.75) is 18.8 Å². The van der Waals surface area contributed by atoms with Crippen molar-refractivity contribution in [1.82, 2.24) is 15.4 Å². The van der Waals surface area contributed by atoms with E-state index in [-0.39, 0.29) is 5.82 Å². The van der Waals surface area contributed by atoms with Gasteiger partial charge in [0.25, 0.3) is 0 Å². The molecule has 113 valence electrons. The number of rotatable bonds is 5. The molecule has 0 spiro atoms. The highest BCUT2D eigenvalue weighted by Crippen LogP contribution is 2.32. The molecule has 1 fully saturated rings. The summed E-state index contributed by atoms with van der Waals surface area (Å²) in [5.74, 6) is 0.131. The molecule has 1 aliphatic heterocycles. The normalized spacial score (nSPS) is 17.6. The second-order valence-corrected chi connectivity index (χ2v) is 5.57. The van der Waals surface area contributed by atoms with E-state index < -0.39 is 0 Å². The number of halogens is 1. The molecule has 1 aromatic carbocycles. The van der Waals surface area contributed by atoms with Gasteiger partial charge in [0.2, 0.25) is 0 Å². The van der Waals surface area contributed by atoms with Crippen LogP contribution in [0.5, 0.6) is 0 Å². The fourth-order valence-corrected chi connectivity index (χ4v) is 3.02. The lowest BCUT2D eigenvalue weighted by molar-refractivity contribution is 0.210. The lowest BCUT2D eigenvalue weighted by atomic mass is 9.91. The average Bonchev–Trinajstić information content (AvgIpc) is 2.91. The Morgan fingerprint density at radius 1 is 1.38 bits per heavy atom. The minimum atomic E-state index is -0.280. The van der Waals surface area contributed by atoms with Crippen molar-refractivity contribution in [2.24, 2.45) is 0 Å². The smallest absolute Gasteiger partial charge is 0.170 e. The quantitative estimate of drug-likeness (QED) is 0.859. The van der Waals surface area contributed by atoms with Crippen molar-refractivity contribution in [3.8, 4) is 0 Å². The van der Waals surface area contributed by atoms with Gasteiger partial charge in [-0.2, -0.15) is 0 Å². The molecule has 0 amide bonds. The van der Waals surface area contributed by atoms with Crippen LogP contribution >= 0.6 is 0 Å². The van der Waals surface area contributed by atoms with Crippen LogP contribution in [0, 0.1) is 12.7 Å². The van der Waals surface area contributed by atoms with Crippen molar-refractivity contribution in [3.05, 3.63) is 36.6 Å². The molecule has 3 rings (SSSR count). The lowest BCUT2D eigenvalue weighted by Crippen LogP contribution is -2.37. The number of nitrogens with zero attached hydrogens (tertiary/aromatic N) is 2. The van der Waals surface area contributed by atoms with Crippen molar-refractivity contribution in [3.63, 3.8) is 0 Å². The fraction of sp³-hybridized carbons (Fsp3) is 0.500. The van der Waals surface area contributed by atoms with Crippen molar-refractivity contribution in [2.75, 3.05) is 32.7 Å². The Hall–Kier alpha value is -1.46. The van der Waals surface area contributed by atoms with Crippen LogP contribution in [0.4, 0.5) is 4.39 Å². The van der Waals surface area contributed by atoms with E-state index in [4.69, 9.17) is 4.52 Å². The fourth-order valence-electron chi connectivity index (χ4n) is 3.02. The van der Waals surface area contributed by atoms with Crippen LogP contribution in [0.25, 0.3) is 11.0 Å². The Bertz CT molecular complexity index is 590. The minimum absolute atomic E-state index is 0.280. The Kier molecular flexibility index (Phi) is 4.51. The number of hydrogen-bond donors (Lipinski definition) is 1. The molecule has 21 heavy (non-hydrogen) atoms. The van der Waals surface area contributed by atoms with Gasteiger partial charge in [-0.3, -0.25) is 0 Å². The van der Waals surface area contributed by atoms with Gasteiger partial charge in [-0.05, 0) is 51.5 Å². The first kappa shape index (κ1) is 14.5. The van der Waals surface area contributed by atoms with Crippen molar-refractivity contribution < 1.29 is 8.91 Å². The summed E-state index contributed by atoms with van der Waals surface area (Å²) in [6.45, 7) is 8.74. The van der Waals surface area contributed by atoms with E-state index in [9.17, 15) is 4.39 Å². The van der Waals surface area contributed by atoms with Gasteiger partial charge in [0, 0.05) is 30.5 Å². The van der Waals surface area contributed by atoms with Gasteiger partial charge >= 0.3 is 0 Å². The largest absolute Gasteiger partial charge is 0.356 e. The molecule has 0 atom stereocenters. The summed E-state index contributed by atoms with van der Waals surface area (Å²) in [6, 6.07) is 4.66. The first-order valence-corrected chi connectivity index (χ1v) is 7.55. The Labute approximate surface area is 124 Å². The first-order chi connectivity index (χ1) is 10.3. The molecule has 1 aromatic heterocycles. The van der Waals surface area contributed by atoms with E-state index >= 15 is 0 Å². The highest BCUT2D eigenvalue weighted by atomic mass is 19.1. The van der Waals surface area contributed by atoms with Gasteiger partial charge < -0.3 is 14.7 Å². The molecule has 2 aromatic rings. The van der Waals surface area contributed by atoms with Crippen LogP contribution in [0.15, 0.2) is 22.7 Å². The summed E-state index contributed by atoms with van der Waals surface area (Å²) in [5, 5.41) is 8.38. The van der Waals surface area contributed by atoms with Gasteiger partial charge in [-0.25, -0.2) is 4.39 Å². The zero-order valence-corrected chi connectivity index (χ0v) is 12.1. The van der Waals surface area contributed by atoms with E-state index in [1.165, 1.54) is 12.1 Å². The van der Waals surface area contributed by atoms with Crippen LogP contribution < -0.4 is 5.32 Å². The first-order valence-electron chi connectivity index (χ1n) is 7.55. The highest BCUT2D eigenvalue weighted by Gasteiger charge is 2.24. The number of fused-ring (bicyclic) bond motifs is 1. The van der Waals surface area contributed by atoms with Crippen LogP contribution in [0.2, 0.25) is 0 Å². The zero-order valence-electron chi connectivity index (χ0n) is 12.1. The maximum absolute atomic E-state index is 13.2. The molecule has 2 heterocycles. The van der Waals surface area contributed by atoms with Crippen LogP contribution in [-0.2, 0) is 0 Å². The molecule has 0 unspecified atom stereocenters. The molecule has 0 bridgehead atoms. The molecule has 0 saturated carbocycles. The zero-order chi connectivity index (χ0) is 14.7. The van der Waals surface area contributed by atoms with E-state index in [1.54, 1.807) is 6.07 Å². The van der Waals surface area contributed by atoms with Crippen molar-refractivity contribution >= 4 is 11.0 Å². The summed E-state index contributed by atoms with van der Waals surface area (Å²) >= 11 is 0. The molecule has 1 N–H and O–H groups in total. The molecule has 5 heteroatoms. The summed E-state index contributed by atoms with van der Waals surface area (Å²) in [7, 11) is 0. The van der Waals surface area contributed by atoms with Gasteiger partial charge in [0.15, 0.2) is 5.58 Å². The summed E-state index contributed by atoms with van der Waals surface area (Å²) < 4.78 is 18.5. The predicted molar refractivity (Wildman–Crippen MR) is 80.6 cm³/mol. The van der Waals surface area contributed by atoms with Gasteiger partial charge in [0.05, 0.1) is 5.69 Å². The second kappa shape index (κ2) is 6.54. The number of benzene rings is 1. The van der Waals surface area contributed by atoms with E-state index in [0.717, 1.165) is 56.6 Å². The number of likely N-dealkylation sites (tertiary alicyclic amines) is 1. The van der Waals surface area contributed by atoms with Crippen LogP contribution in [-0.4, -0.2) is 42.8 Å². The maximum atomic E-state index is 13.2. The van der Waals surface area contributed by atoms with Gasteiger partial charge in [0.1, 0.15) is 5.82 Å². The Balaban J connectivity index is 1.63. The molecule has 1 radical (unpaired) electrons. The molecule has 4 nitrogen and oxygen atoms in total. The van der Waals surface area contributed by atoms with E-state index in [1.807, 2.05) is 0 Å². The molecule has 1 aliphatic rings. The minimum Gasteiger partial charge on any atom is -0.356 e. The number of hydrogen-bond acceptors (Lipinski definition) is 4. The lowest BCUT2D eigenvalue weighted by Gasteiger charge is -2.31. The van der Waals surface area contributed by atoms with Crippen LogP contribution in [0.1, 0.15) is 24.5 Å². The molecule has 0 aliphatic carbocycles. The maximum Gasteiger partial charge on any atom is 0.170 e. The SMILES string of the molecule is [CH2]CNCCN1CCC(c2noc3cc(F)ccc23)CC1. The Morgan fingerprint density at radius 3 is 2.95 bits per heavy atom. The average molecular weight is 290 g/mol. The third-order valence-electron chi connectivity index (χ3n) is 4.22. The highest BCUT2D eigenvalue weighted by molar-refractivity contribution is 5.79. The van der Waals surface area contributed by atoms with E-state index in [0.29, 0.717) is 11.5 Å². The van der Waals surface area contributed by atoms with Crippen LogP contribution in [0.3, 0.4) is 0 Å². The number of aromatic nitrogens is 1. The predicted octanol–water partition coefficient (Wildman–Crippen LogP) is 2.57.